The first kappa shape index (κ1) is 12.5. The Hall–Kier alpha value is -2.25. The van der Waals surface area contributed by atoms with Crippen molar-refractivity contribution in [3.05, 3.63) is 34.9 Å². The summed E-state index contributed by atoms with van der Waals surface area (Å²) in [6.45, 7) is 2.01. The molecule has 3 aromatic heterocycles. The summed E-state index contributed by atoms with van der Waals surface area (Å²) in [6, 6.07) is 4.03. The van der Waals surface area contributed by atoms with E-state index >= 15 is 0 Å². The summed E-state index contributed by atoms with van der Waals surface area (Å²) < 4.78 is 8.11. The lowest BCUT2D eigenvalue weighted by atomic mass is 10.2. The lowest BCUT2D eigenvalue weighted by molar-refractivity contribution is 0.467. The molecule has 0 fully saturated rings. The number of ether oxygens (including phenoxy) is 1. The van der Waals surface area contributed by atoms with Crippen LogP contribution in [0.1, 0.15) is 5.01 Å². The number of benzene rings is 1. The number of fused-ring (bicyclic) bond motifs is 3. The van der Waals surface area contributed by atoms with Crippen molar-refractivity contribution in [1.82, 2.24) is 15.0 Å². The van der Waals surface area contributed by atoms with Gasteiger partial charge in [0, 0.05) is 11.5 Å². The van der Waals surface area contributed by atoms with Crippen molar-refractivity contribution < 1.29 is 4.74 Å². The summed E-state index contributed by atoms with van der Waals surface area (Å²) in [5, 5.41) is 4.11. The number of nitrogen functional groups attached to an aromatic ring is 1. The highest BCUT2D eigenvalue weighted by atomic mass is 32.1. The minimum absolute atomic E-state index is 0.337. The molecule has 0 aliphatic rings. The fraction of sp³-hybridized carbons (Fsp3) is 0.0714. The zero-order chi connectivity index (χ0) is 14.4. The summed E-state index contributed by atoms with van der Waals surface area (Å²) in [6.07, 6.45) is 3.04. The summed E-state index contributed by atoms with van der Waals surface area (Å²) >= 11 is 3.31. The SMILES string of the molecule is Cc1nc2c(cc(Oc3cncc(N)n3)c3ccsc32)s1. The molecular weight excluding hydrogens is 304 g/mol. The molecular formula is C14H10N4OS2. The van der Waals surface area contributed by atoms with E-state index in [-0.39, 0.29) is 0 Å². The van der Waals surface area contributed by atoms with Crippen LogP contribution in [0.3, 0.4) is 0 Å². The second kappa shape index (κ2) is 4.64. The molecule has 0 spiro atoms. The summed E-state index contributed by atoms with van der Waals surface area (Å²) in [5.41, 5.74) is 6.67. The predicted octanol–water partition coefficient (Wildman–Crippen LogP) is 3.98. The van der Waals surface area contributed by atoms with Crippen molar-refractivity contribution in [1.29, 1.82) is 0 Å². The molecule has 0 saturated carbocycles. The number of aryl methyl sites for hydroxylation is 1. The Morgan fingerprint density at radius 2 is 2.14 bits per heavy atom. The normalized spacial score (nSPS) is 11.3. The Kier molecular flexibility index (Phi) is 2.76. The molecule has 0 amide bonds. The number of anilines is 1. The highest BCUT2D eigenvalue weighted by Crippen LogP contribution is 2.40. The number of rotatable bonds is 2. The van der Waals surface area contributed by atoms with Gasteiger partial charge in [0.2, 0.25) is 5.88 Å². The van der Waals surface area contributed by atoms with E-state index in [1.165, 1.54) is 6.20 Å². The first-order valence-corrected chi connectivity index (χ1v) is 7.93. The van der Waals surface area contributed by atoms with E-state index in [0.29, 0.717) is 11.7 Å². The van der Waals surface area contributed by atoms with Gasteiger partial charge in [-0.25, -0.2) is 4.98 Å². The van der Waals surface area contributed by atoms with Crippen molar-refractivity contribution in [3.8, 4) is 11.6 Å². The average Bonchev–Trinajstić information content (AvgIpc) is 3.04. The molecule has 0 bridgehead atoms. The highest BCUT2D eigenvalue weighted by Gasteiger charge is 2.13. The van der Waals surface area contributed by atoms with Gasteiger partial charge in [0.25, 0.3) is 0 Å². The van der Waals surface area contributed by atoms with E-state index in [9.17, 15) is 0 Å². The van der Waals surface area contributed by atoms with Crippen LogP contribution in [-0.4, -0.2) is 15.0 Å². The van der Waals surface area contributed by atoms with Gasteiger partial charge in [-0.05, 0) is 18.4 Å². The van der Waals surface area contributed by atoms with Gasteiger partial charge in [0.15, 0.2) is 0 Å². The first-order valence-electron chi connectivity index (χ1n) is 6.23. The van der Waals surface area contributed by atoms with Crippen LogP contribution >= 0.6 is 22.7 Å². The van der Waals surface area contributed by atoms with Gasteiger partial charge < -0.3 is 10.5 Å². The molecule has 21 heavy (non-hydrogen) atoms. The lowest BCUT2D eigenvalue weighted by Gasteiger charge is -2.06. The van der Waals surface area contributed by atoms with Crippen LogP contribution in [0, 0.1) is 6.92 Å². The molecule has 0 saturated heterocycles. The van der Waals surface area contributed by atoms with E-state index in [2.05, 4.69) is 15.0 Å². The van der Waals surface area contributed by atoms with E-state index in [1.807, 2.05) is 24.4 Å². The van der Waals surface area contributed by atoms with Gasteiger partial charge in [-0.2, -0.15) is 4.98 Å². The molecule has 0 aliphatic heterocycles. The van der Waals surface area contributed by atoms with Crippen molar-refractivity contribution in [2.24, 2.45) is 0 Å². The zero-order valence-electron chi connectivity index (χ0n) is 11.0. The molecule has 0 radical (unpaired) electrons. The number of aromatic nitrogens is 3. The Labute approximate surface area is 128 Å². The molecule has 0 unspecified atom stereocenters. The molecule has 0 atom stereocenters. The first-order chi connectivity index (χ1) is 10.2. The number of hydrogen-bond acceptors (Lipinski definition) is 7. The van der Waals surface area contributed by atoms with Crippen LogP contribution in [0.4, 0.5) is 5.82 Å². The highest BCUT2D eigenvalue weighted by molar-refractivity contribution is 7.21. The number of nitrogens with zero attached hydrogens (tertiary/aromatic N) is 3. The van der Waals surface area contributed by atoms with Crippen molar-refractivity contribution >= 4 is 48.8 Å². The smallest absolute Gasteiger partial charge is 0.239 e. The van der Waals surface area contributed by atoms with Crippen LogP contribution in [0.15, 0.2) is 29.9 Å². The zero-order valence-corrected chi connectivity index (χ0v) is 12.7. The molecule has 1 aromatic carbocycles. The maximum Gasteiger partial charge on any atom is 0.239 e. The minimum Gasteiger partial charge on any atom is -0.437 e. The van der Waals surface area contributed by atoms with Crippen molar-refractivity contribution in [2.45, 2.75) is 6.92 Å². The molecule has 3 heterocycles. The summed E-state index contributed by atoms with van der Waals surface area (Å²) in [4.78, 5) is 12.7. The van der Waals surface area contributed by atoms with E-state index in [0.717, 1.165) is 31.1 Å². The van der Waals surface area contributed by atoms with Gasteiger partial charge in [-0.1, -0.05) is 0 Å². The molecule has 4 rings (SSSR count). The molecule has 0 aliphatic carbocycles. The molecule has 2 N–H and O–H groups in total. The average molecular weight is 314 g/mol. The maximum atomic E-state index is 5.88. The van der Waals surface area contributed by atoms with Gasteiger partial charge in [-0.3, -0.25) is 4.98 Å². The van der Waals surface area contributed by atoms with Crippen LogP contribution in [0.5, 0.6) is 11.6 Å². The largest absolute Gasteiger partial charge is 0.437 e. The van der Waals surface area contributed by atoms with Gasteiger partial charge in [-0.15, -0.1) is 22.7 Å². The Bertz CT molecular complexity index is 960. The quantitative estimate of drug-likeness (QED) is 0.605. The van der Waals surface area contributed by atoms with Crippen molar-refractivity contribution in [2.75, 3.05) is 5.73 Å². The van der Waals surface area contributed by atoms with Gasteiger partial charge in [0.1, 0.15) is 11.6 Å². The van der Waals surface area contributed by atoms with Gasteiger partial charge in [0.05, 0.1) is 32.3 Å². The Balaban J connectivity index is 1.92. The van der Waals surface area contributed by atoms with Gasteiger partial charge >= 0.3 is 0 Å². The van der Waals surface area contributed by atoms with E-state index in [4.69, 9.17) is 10.5 Å². The van der Waals surface area contributed by atoms with Crippen LogP contribution in [0.25, 0.3) is 20.3 Å². The van der Waals surface area contributed by atoms with E-state index in [1.54, 1.807) is 28.9 Å². The number of thiophene rings is 1. The maximum absolute atomic E-state index is 5.88. The summed E-state index contributed by atoms with van der Waals surface area (Å²) in [5.74, 6) is 1.48. The molecule has 5 nitrogen and oxygen atoms in total. The molecule has 104 valence electrons. The second-order valence-corrected chi connectivity index (χ2v) is 6.65. The minimum atomic E-state index is 0.337. The molecule has 7 heteroatoms. The fourth-order valence-electron chi connectivity index (χ4n) is 2.20. The van der Waals surface area contributed by atoms with Crippen LogP contribution < -0.4 is 10.5 Å². The topological polar surface area (TPSA) is 73.9 Å². The monoisotopic (exact) mass is 314 g/mol. The third kappa shape index (κ3) is 2.10. The number of nitrogens with two attached hydrogens (primary N) is 1. The third-order valence-electron chi connectivity index (χ3n) is 3.01. The predicted molar refractivity (Wildman–Crippen MR) is 86.3 cm³/mol. The Morgan fingerprint density at radius 1 is 1.24 bits per heavy atom. The second-order valence-electron chi connectivity index (χ2n) is 4.50. The standard InChI is InChI=1S/C14H10N4OS2/c1-7-17-13-10(21-7)4-9(8-2-3-20-14(8)13)19-12-6-16-5-11(15)18-12/h2-6H,1H3,(H2,15,18). The van der Waals surface area contributed by atoms with Crippen LogP contribution in [-0.2, 0) is 0 Å². The van der Waals surface area contributed by atoms with Crippen molar-refractivity contribution in [3.63, 3.8) is 0 Å². The summed E-state index contributed by atoms with van der Waals surface area (Å²) in [7, 11) is 0. The number of hydrogen-bond donors (Lipinski definition) is 1. The molecule has 4 aromatic rings. The third-order valence-corrected chi connectivity index (χ3v) is 4.85. The number of thiazole rings is 1. The van der Waals surface area contributed by atoms with E-state index < -0.39 is 0 Å². The van der Waals surface area contributed by atoms with Crippen LogP contribution in [0.2, 0.25) is 0 Å². The Morgan fingerprint density at radius 3 is 3.00 bits per heavy atom. The fourth-order valence-corrected chi connectivity index (χ4v) is 4.03. The lowest BCUT2D eigenvalue weighted by Crippen LogP contribution is -1.94.